The van der Waals surface area contributed by atoms with Crippen molar-refractivity contribution in [3.05, 3.63) is 66.0 Å². The summed E-state index contributed by atoms with van der Waals surface area (Å²) >= 11 is 0. The van der Waals surface area contributed by atoms with E-state index in [1.54, 1.807) is 0 Å². The van der Waals surface area contributed by atoms with Crippen LogP contribution >= 0.6 is 0 Å². The van der Waals surface area contributed by atoms with Crippen LogP contribution in [0.2, 0.25) is 0 Å². The number of carbonyl (C=O) groups is 1. The van der Waals surface area contributed by atoms with Crippen molar-refractivity contribution in [3.63, 3.8) is 0 Å². The van der Waals surface area contributed by atoms with Crippen LogP contribution in [0.15, 0.2) is 54.6 Å². The van der Waals surface area contributed by atoms with Crippen LogP contribution in [0, 0.1) is 0 Å². The second-order valence-corrected chi connectivity index (χ2v) is 7.14. The summed E-state index contributed by atoms with van der Waals surface area (Å²) in [5.41, 5.74) is 3.38. The monoisotopic (exact) mass is 347 g/mol. The van der Waals surface area contributed by atoms with E-state index in [0.29, 0.717) is 6.42 Å². The highest BCUT2D eigenvalue weighted by molar-refractivity contribution is 5.81. The molecule has 1 fully saturated rings. The molecular formula is C22H25N3O. The number of amides is 1. The molecule has 1 amide bonds. The highest BCUT2D eigenvalue weighted by atomic mass is 16.2. The number of benzene rings is 2. The van der Waals surface area contributed by atoms with Crippen LogP contribution in [0.3, 0.4) is 0 Å². The van der Waals surface area contributed by atoms with Gasteiger partial charge in [0, 0.05) is 25.4 Å². The fraction of sp³-hybridized carbons (Fsp3) is 0.364. The highest BCUT2D eigenvalue weighted by Crippen LogP contribution is 2.35. The van der Waals surface area contributed by atoms with Gasteiger partial charge in [0.1, 0.15) is 5.82 Å². The van der Waals surface area contributed by atoms with Crippen LogP contribution in [0.25, 0.3) is 11.0 Å². The summed E-state index contributed by atoms with van der Waals surface area (Å²) in [5.74, 6) is 1.44. The number of fused-ring (bicyclic) bond motifs is 1. The third kappa shape index (κ3) is 2.90. The van der Waals surface area contributed by atoms with Gasteiger partial charge < -0.3 is 9.47 Å². The molecule has 0 spiro atoms. The number of nitrogens with zero attached hydrogens (tertiary/aromatic N) is 3. The molecule has 0 saturated carbocycles. The highest BCUT2D eigenvalue weighted by Gasteiger charge is 2.36. The maximum absolute atomic E-state index is 12.7. The Morgan fingerprint density at radius 3 is 2.62 bits per heavy atom. The number of aromatic nitrogens is 2. The zero-order valence-corrected chi connectivity index (χ0v) is 15.4. The first-order chi connectivity index (χ1) is 12.7. The molecule has 3 aromatic rings. The number of rotatable bonds is 5. The summed E-state index contributed by atoms with van der Waals surface area (Å²) in [5, 5.41) is 0. The van der Waals surface area contributed by atoms with Crippen LogP contribution in [-0.2, 0) is 11.3 Å². The van der Waals surface area contributed by atoms with E-state index < -0.39 is 0 Å². The van der Waals surface area contributed by atoms with Crippen LogP contribution in [0.5, 0.6) is 0 Å². The lowest BCUT2D eigenvalue weighted by atomic mass is 10.1. The molecule has 0 bridgehead atoms. The van der Waals surface area contributed by atoms with E-state index in [1.165, 1.54) is 11.1 Å². The number of aryl methyl sites for hydroxylation is 1. The standard InChI is InChI=1S/C22H25N3O/c1-3-13-24-20-12-8-7-11-19(20)23-22(24)18-14-21(26)25(15-18)16(2)17-9-5-4-6-10-17/h4-12,16,18H,3,13-15H2,1-2H3. The molecule has 2 aromatic carbocycles. The van der Waals surface area contributed by atoms with Crippen LogP contribution in [0.1, 0.15) is 50.0 Å². The fourth-order valence-electron chi connectivity index (χ4n) is 4.05. The number of hydrogen-bond donors (Lipinski definition) is 0. The number of hydrogen-bond acceptors (Lipinski definition) is 2. The smallest absolute Gasteiger partial charge is 0.223 e. The van der Waals surface area contributed by atoms with Gasteiger partial charge in [0.05, 0.1) is 17.1 Å². The molecule has 134 valence electrons. The van der Waals surface area contributed by atoms with Gasteiger partial charge in [-0.2, -0.15) is 0 Å². The lowest BCUT2D eigenvalue weighted by molar-refractivity contribution is -0.129. The Morgan fingerprint density at radius 1 is 1.12 bits per heavy atom. The van der Waals surface area contributed by atoms with Crippen LogP contribution in [0.4, 0.5) is 0 Å². The predicted octanol–water partition coefficient (Wildman–Crippen LogP) is 4.52. The summed E-state index contributed by atoms with van der Waals surface area (Å²) < 4.78 is 2.31. The van der Waals surface area contributed by atoms with Crippen molar-refractivity contribution in [2.45, 2.75) is 45.2 Å². The molecule has 0 radical (unpaired) electrons. The van der Waals surface area contributed by atoms with Gasteiger partial charge in [0.25, 0.3) is 0 Å². The lowest BCUT2D eigenvalue weighted by Gasteiger charge is -2.25. The third-order valence-corrected chi connectivity index (χ3v) is 5.40. The SMILES string of the molecule is CCCn1c(C2CC(=O)N(C(C)c3ccccc3)C2)nc2ccccc21. The first-order valence-corrected chi connectivity index (χ1v) is 9.48. The molecule has 1 aliphatic heterocycles. The van der Waals surface area contributed by atoms with E-state index in [-0.39, 0.29) is 17.9 Å². The Bertz CT molecular complexity index is 916. The second-order valence-electron chi connectivity index (χ2n) is 7.14. The van der Waals surface area contributed by atoms with Gasteiger partial charge in [-0.15, -0.1) is 0 Å². The van der Waals surface area contributed by atoms with E-state index in [1.807, 2.05) is 29.2 Å². The van der Waals surface area contributed by atoms with Gasteiger partial charge in [-0.3, -0.25) is 4.79 Å². The number of likely N-dealkylation sites (tertiary alicyclic amines) is 1. The van der Waals surface area contributed by atoms with E-state index in [2.05, 4.69) is 48.7 Å². The molecule has 1 saturated heterocycles. The van der Waals surface area contributed by atoms with Gasteiger partial charge in [0.2, 0.25) is 5.91 Å². The zero-order valence-electron chi connectivity index (χ0n) is 15.4. The van der Waals surface area contributed by atoms with E-state index in [4.69, 9.17) is 4.98 Å². The average molecular weight is 347 g/mol. The van der Waals surface area contributed by atoms with Gasteiger partial charge >= 0.3 is 0 Å². The summed E-state index contributed by atoms with van der Waals surface area (Å²) in [6, 6.07) is 18.6. The minimum Gasteiger partial charge on any atom is -0.335 e. The van der Waals surface area contributed by atoms with E-state index in [0.717, 1.165) is 30.9 Å². The summed E-state index contributed by atoms with van der Waals surface area (Å²) in [6.07, 6.45) is 1.60. The Labute approximate surface area is 154 Å². The Balaban J connectivity index is 1.65. The molecule has 2 heterocycles. The predicted molar refractivity (Wildman–Crippen MR) is 104 cm³/mol. The molecule has 2 atom stereocenters. The number of carbonyl (C=O) groups excluding carboxylic acids is 1. The zero-order chi connectivity index (χ0) is 18.1. The fourth-order valence-corrected chi connectivity index (χ4v) is 4.05. The Kier molecular flexibility index (Phi) is 4.49. The van der Waals surface area contributed by atoms with E-state index in [9.17, 15) is 4.79 Å². The van der Waals surface area contributed by atoms with Gasteiger partial charge in [-0.05, 0) is 31.0 Å². The van der Waals surface area contributed by atoms with Crippen LogP contribution < -0.4 is 0 Å². The van der Waals surface area contributed by atoms with Gasteiger partial charge in [-0.1, -0.05) is 49.4 Å². The minimum absolute atomic E-state index is 0.0951. The maximum Gasteiger partial charge on any atom is 0.223 e. The quantitative estimate of drug-likeness (QED) is 0.680. The molecule has 4 rings (SSSR count). The molecule has 1 aromatic heterocycles. The van der Waals surface area contributed by atoms with E-state index >= 15 is 0 Å². The second kappa shape index (κ2) is 6.94. The van der Waals surface area contributed by atoms with Crippen molar-refractivity contribution in [2.24, 2.45) is 0 Å². The van der Waals surface area contributed by atoms with Crippen molar-refractivity contribution in [1.29, 1.82) is 0 Å². The normalized spacial score (nSPS) is 18.6. The van der Waals surface area contributed by atoms with Crippen molar-refractivity contribution >= 4 is 16.9 Å². The first kappa shape index (κ1) is 16.8. The topological polar surface area (TPSA) is 38.1 Å². The van der Waals surface area contributed by atoms with Crippen molar-refractivity contribution in [2.75, 3.05) is 6.54 Å². The third-order valence-electron chi connectivity index (χ3n) is 5.40. The van der Waals surface area contributed by atoms with Gasteiger partial charge in [0.15, 0.2) is 0 Å². The van der Waals surface area contributed by atoms with Crippen molar-refractivity contribution < 1.29 is 4.79 Å². The average Bonchev–Trinajstić information content (AvgIpc) is 3.23. The van der Waals surface area contributed by atoms with Crippen molar-refractivity contribution in [3.8, 4) is 0 Å². The summed E-state index contributed by atoms with van der Waals surface area (Å²) in [6.45, 7) is 5.98. The van der Waals surface area contributed by atoms with Gasteiger partial charge in [-0.25, -0.2) is 4.98 Å². The molecule has 2 unspecified atom stereocenters. The molecular weight excluding hydrogens is 322 g/mol. The van der Waals surface area contributed by atoms with Crippen molar-refractivity contribution in [1.82, 2.24) is 14.5 Å². The minimum atomic E-state index is 0.0951. The summed E-state index contributed by atoms with van der Waals surface area (Å²) in [7, 11) is 0. The molecule has 4 nitrogen and oxygen atoms in total. The molecule has 26 heavy (non-hydrogen) atoms. The number of para-hydroxylation sites is 2. The molecule has 1 aliphatic rings. The molecule has 0 aliphatic carbocycles. The Morgan fingerprint density at radius 2 is 1.85 bits per heavy atom. The lowest BCUT2D eigenvalue weighted by Crippen LogP contribution is -2.28. The molecule has 4 heteroatoms. The first-order valence-electron chi connectivity index (χ1n) is 9.48. The maximum atomic E-state index is 12.7. The molecule has 0 N–H and O–H groups in total. The summed E-state index contributed by atoms with van der Waals surface area (Å²) in [4.78, 5) is 19.7. The van der Waals surface area contributed by atoms with Crippen LogP contribution in [-0.4, -0.2) is 26.9 Å². The largest absolute Gasteiger partial charge is 0.335 e. The number of imidazole rings is 1. The Hall–Kier alpha value is -2.62.